The van der Waals surface area contributed by atoms with Crippen molar-refractivity contribution in [2.75, 3.05) is 16.4 Å². The maximum absolute atomic E-state index is 11.6. The van der Waals surface area contributed by atoms with Crippen molar-refractivity contribution in [3.05, 3.63) is 29.8 Å². The van der Waals surface area contributed by atoms with E-state index in [1.54, 1.807) is 18.2 Å². The molecule has 0 bridgehead atoms. The lowest BCUT2D eigenvalue weighted by Gasteiger charge is -2.07. The van der Waals surface area contributed by atoms with E-state index in [0.717, 1.165) is 0 Å². The number of rotatable bonds is 6. The summed E-state index contributed by atoms with van der Waals surface area (Å²) < 4.78 is 25.7. The van der Waals surface area contributed by atoms with Crippen molar-refractivity contribution in [2.45, 2.75) is 12.8 Å². The van der Waals surface area contributed by atoms with Crippen LogP contribution in [0.25, 0.3) is 0 Å². The second kappa shape index (κ2) is 6.48. The topological polar surface area (TPSA) is 70.0 Å². The zero-order valence-corrected chi connectivity index (χ0v) is 10.8. The molecular weight excluding hydrogens is 260 g/mol. The molecule has 1 aromatic carbocycles. The number of hydrogen-bond donors (Lipinski definition) is 1. The molecule has 17 heavy (non-hydrogen) atoms. The fourth-order valence-corrected chi connectivity index (χ4v) is 2.63. The molecule has 1 N–H and O–H groups in total. The van der Waals surface area contributed by atoms with E-state index < -0.39 is 10.0 Å². The van der Waals surface area contributed by atoms with E-state index in [0.29, 0.717) is 30.0 Å². The summed E-state index contributed by atoms with van der Waals surface area (Å²) in [5.74, 6) is 0.496. The fraction of sp³-hybridized carbons (Fsp3) is 0.364. The monoisotopic (exact) mass is 272 g/mol. The summed E-state index contributed by atoms with van der Waals surface area (Å²) in [5.41, 5.74) is 0.834. The predicted octanol–water partition coefficient (Wildman–Crippen LogP) is 2.32. The molecule has 0 aliphatic heterocycles. The molecule has 0 aliphatic carbocycles. The van der Waals surface area contributed by atoms with Gasteiger partial charge in [-0.15, -0.1) is 11.6 Å². The smallest absolute Gasteiger partial charge is 0.232 e. The van der Waals surface area contributed by atoms with Crippen molar-refractivity contribution in [3.8, 4) is 6.07 Å². The number of sulfonamides is 1. The number of nitriles is 1. The Hall–Kier alpha value is -1.25. The minimum Gasteiger partial charge on any atom is -0.284 e. The molecule has 0 fully saturated rings. The van der Waals surface area contributed by atoms with Crippen LogP contribution in [0.1, 0.15) is 18.4 Å². The van der Waals surface area contributed by atoms with Gasteiger partial charge in [-0.3, -0.25) is 4.72 Å². The Morgan fingerprint density at radius 3 is 2.76 bits per heavy atom. The van der Waals surface area contributed by atoms with Gasteiger partial charge in [0.1, 0.15) is 0 Å². The van der Waals surface area contributed by atoms with Crippen molar-refractivity contribution >= 4 is 27.3 Å². The first-order valence-corrected chi connectivity index (χ1v) is 7.33. The van der Waals surface area contributed by atoms with Crippen molar-refractivity contribution in [1.82, 2.24) is 0 Å². The molecule has 1 aromatic rings. The van der Waals surface area contributed by atoms with Gasteiger partial charge < -0.3 is 0 Å². The molecule has 0 aliphatic rings. The Labute approximate surface area is 106 Å². The number of unbranched alkanes of at least 4 members (excludes halogenated alkanes) is 1. The molecule has 92 valence electrons. The van der Waals surface area contributed by atoms with Crippen LogP contribution in [0.2, 0.25) is 0 Å². The van der Waals surface area contributed by atoms with Gasteiger partial charge in [0.05, 0.1) is 17.4 Å². The molecular formula is C11H13ClN2O2S. The minimum atomic E-state index is -3.35. The summed E-state index contributed by atoms with van der Waals surface area (Å²) in [7, 11) is -3.35. The van der Waals surface area contributed by atoms with Crippen LogP contribution in [0.5, 0.6) is 0 Å². The molecule has 0 atom stereocenters. The van der Waals surface area contributed by atoms with Gasteiger partial charge in [-0.2, -0.15) is 5.26 Å². The Morgan fingerprint density at radius 2 is 2.12 bits per heavy atom. The van der Waals surface area contributed by atoms with E-state index in [-0.39, 0.29) is 5.75 Å². The molecule has 0 heterocycles. The van der Waals surface area contributed by atoms with Crippen LogP contribution in [0.15, 0.2) is 24.3 Å². The number of halogens is 1. The number of benzene rings is 1. The third-order valence-corrected chi connectivity index (χ3v) is 3.70. The number of nitrogens with zero attached hydrogens (tertiary/aromatic N) is 1. The first-order chi connectivity index (χ1) is 8.07. The van der Waals surface area contributed by atoms with Gasteiger partial charge in [0, 0.05) is 11.6 Å². The van der Waals surface area contributed by atoms with E-state index in [1.165, 1.54) is 6.07 Å². The molecule has 0 saturated heterocycles. The summed E-state index contributed by atoms with van der Waals surface area (Å²) in [6.07, 6.45) is 1.19. The zero-order valence-electron chi connectivity index (χ0n) is 9.19. The van der Waals surface area contributed by atoms with Crippen LogP contribution < -0.4 is 4.72 Å². The van der Waals surface area contributed by atoms with Gasteiger partial charge in [-0.1, -0.05) is 6.07 Å². The Bertz CT molecular complexity index is 508. The highest BCUT2D eigenvalue weighted by molar-refractivity contribution is 7.92. The van der Waals surface area contributed by atoms with Gasteiger partial charge in [0.25, 0.3) is 0 Å². The van der Waals surface area contributed by atoms with Gasteiger partial charge in [-0.05, 0) is 31.0 Å². The lowest BCUT2D eigenvalue weighted by atomic mass is 10.2. The largest absolute Gasteiger partial charge is 0.284 e. The second-order valence-electron chi connectivity index (χ2n) is 3.51. The molecule has 4 nitrogen and oxygen atoms in total. The molecule has 0 radical (unpaired) electrons. The molecule has 0 saturated carbocycles. The van der Waals surface area contributed by atoms with Crippen LogP contribution in [0, 0.1) is 11.3 Å². The lowest BCUT2D eigenvalue weighted by Crippen LogP contribution is -2.16. The first-order valence-electron chi connectivity index (χ1n) is 5.14. The average Bonchev–Trinajstić information content (AvgIpc) is 2.29. The molecule has 0 aromatic heterocycles. The van der Waals surface area contributed by atoms with Crippen molar-refractivity contribution in [2.24, 2.45) is 0 Å². The SMILES string of the molecule is N#Cc1cccc(NS(=O)(=O)CCCCCl)c1. The lowest BCUT2D eigenvalue weighted by molar-refractivity contribution is 0.598. The summed E-state index contributed by atoms with van der Waals surface area (Å²) in [4.78, 5) is 0. The van der Waals surface area contributed by atoms with Gasteiger partial charge in [0.2, 0.25) is 10.0 Å². The van der Waals surface area contributed by atoms with E-state index in [4.69, 9.17) is 16.9 Å². The minimum absolute atomic E-state index is 0.0382. The maximum atomic E-state index is 11.6. The molecule has 0 amide bonds. The zero-order chi connectivity index (χ0) is 12.7. The standard InChI is InChI=1S/C11H13ClN2O2S/c12-6-1-2-7-17(15,16)14-11-5-3-4-10(8-11)9-13/h3-5,8,14H,1-2,6-7H2. The van der Waals surface area contributed by atoms with Crippen molar-refractivity contribution in [1.29, 1.82) is 5.26 Å². The number of anilines is 1. The van der Waals surface area contributed by atoms with Crippen LogP contribution in [-0.4, -0.2) is 20.1 Å². The molecule has 0 unspecified atom stereocenters. The average molecular weight is 273 g/mol. The van der Waals surface area contributed by atoms with Crippen molar-refractivity contribution < 1.29 is 8.42 Å². The maximum Gasteiger partial charge on any atom is 0.232 e. The third-order valence-electron chi connectivity index (χ3n) is 2.06. The highest BCUT2D eigenvalue weighted by atomic mass is 35.5. The Kier molecular flexibility index (Phi) is 5.26. The Balaban J connectivity index is 2.66. The summed E-state index contributed by atoms with van der Waals surface area (Å²) in [6.45, 7) is 0. The van der Waals surface area contributed by atoms with Crippen LogP contribution in [0.3, 0.4) is 0 Å². The van der Waals surface area contributed by atoms with E-state index in [1.807, 2.05) is 6.07 Å². The summed E-state index contributed by atoms with van der Waals surface area (Å²) in [5, 5.41) is 8.69. The van der Waals surface area contributed by atoms with Crippen LogP contribution >= 0.6 is 11.6 Å². The van der Waals surface area contributed by atoms with Crippen LogP contribution in [-0.2, 0) is 10.0 Å². The number of alkyl halides is 1. The van der Waals surface area contributed by atoms with E-state index in [9.17, 15) is 8.42 Å². The second-order valence-corrected chi connectivity index (χ2v) is 5.73. The summed E-state index contributed by atoms with van der Waals surface area (Å²) in [6, 6.07) is 8.31. The van der Waals surface area contributed by atoms with Crippen LogP contribution in [0.4, 0.5) is 5.69 Å². The quantitative estimate of drug-likeness (QED) is 0.638. The molecule has 6 heteroatoms. The summed E-state index contributed by atoms with van der Waals surface area (Å²) >= 11 is 5.48. The van der Waals surface area contributed by atoms with Gasteiger partial charge in [0.15, 0.2) is 0 Å². The fourth-order valence-electron chi connectivity index (χ4n) is 1.27. The molecule has 0 spiro atoms. The Morgan fingerprint density at radius 1 is 1.35 bits per heavy atom. The predicted molar refractivity (Wildman–Crippen MR) is 68.5 cm³/mol. The number of nitrogens with one attached hydrogen (secondary N) is 1. The highest BCUT2D eigenvalue weighted by Crippen LogP contribution is 2.12. The third kappa shape index (κ3) is 5.07. The molecule has 1 rings (SSSR count). The van der Waals surface area contributed by atoms with E-state index in [2.05, 4.69) is 4.72 Å². The van der Waals surface area contributed by atoms with E-state index >= 15 is 0 Å². The highest BCUT2D eigenvalue weighted by Gasteiger charge is 2.09. The first kappa shape index (κ1) is 13.8. The van der Waals surface area contributed by atoms with Gasteiger partial charge >= 0.3 is 0 Å². The van der Waals surface area contributed by atoms with Gasteiger partial charge in [-0.25, -0.2) is 8.42 Å². The normalized spacial score (nSPS) is 10.8. The van der Waals surface area contributed by atoms with Crippen molar-refractivity contribution in [3.63, 3.8) is 0 Å². The number of hydrogen-bond acceptors (Lipinski definition) is 3.